The minimum atomic E-state index is -1.97. The van der Waals surface area contributed by atoms with E-state index in [9.17, 15) is 72.4 Å². The van der Waals surface area contributed by atoms with E-state index in [4.69, 9.17) is 22.4 Å². The molecule has 0 aliphatic heterocycles. The molecule has 0 fully saturated rings. The molecule has 0 saturated carbocycles. The smallest absolute Gasteiger partial charge is 0.326 e. The second-order valence-corrected chi connectivity index (χ2v) is 17.9. The molecule has 8 atom stereocenters. The maximum Gasteiger partial charge on any atom is 0.326 e. The molecule has 13 N–H and O–H groups in total. The Hall–Kier alpha value is -7.21. The summed E-state index contributed by atoms with van der Waals surface area (Å²) in [6, 6.07) is -0.772. The number of carbonyl (C=O) groups excluding carboxylic acids is 7. The van der Waals surface area contributed by atoms with E-state index >= 15 is 0 Å². The Bertz CT molecular complexity index is 2250. The quantitative estimate of drug-likeness (QED) is 0.0490. The number of benzene rings is 2. The molecule has 0 bridgehead atoms. The van der Waals surface area contributed by atoms with Crippen molar-refractivity contribution in [3.8, 4) is 0 Å². The summed E-state index contributed by atoms with van der Waals surface area (Å²) < 4.78 is 14.6. The third-order valence-electron chi connectivity index (χ3n) is 10.6. The number of rotatable bonds is 30. The van der Waals surface area contributed by atoms with Crippen molar-refractivity contribution in [3.05, 3.63) is 70.5 Å². The Morgan fingerprint density at radius 2 is 1.06 bits per heavy atom. The van der Waals surface area contributed by atoms with Crippen LogP contribution in [-0.4, -0.2) is 134 Å². The van der Waals surface area contributed by atoms with Crippen LogP contribution in [0.3, 0.4) is 0 Å². The number of halogens is 2. The van der Waals surface area contributed by atoms with Gasteiger partial charge in [-0.3, -0.25) is 47.9 Å². The van der Waals surface area contributed by atoms with Crippen LogP contribution >= 0.6 is 11.6 Å². The molecular formula is C46H62ClFN8O15. The molecule has 0 aromatic heterocycles. The van der Waals surface area contributed by atoms with Gasteiger partial charge in [0.15, 0.2) is 0 Å². The highest BCUT2D eigenvalue weighted by Gasteiger charge is 2.35. The third kappa shape index (κ3) is 21.5. The lowest BCUT2D eigenvalue weighted by atomic mass is 9.98. The summed E-state index contributed by atoms with van der Waals surface area (Å²) >= 11 is 5.86. The SMILES string of the molecule is CC(C)C[C@H](NC(=O)[C@@H](NC(=O)[C@@H](N)CCC(=O)O)C(C)C)C(=O)N[C@@H](Cc1ccc(Cl)c(F)c1)C(=O)N[C@@H](CC(=O)O)C(=O)N[C@@H](C)C(=O)N[C@@H](CCC(=O)O)C(=O)N[C@@H](Cc1ccccc1)C(=O)O. The van der Waals surface area contributed by atoms with Crippen LogP contribution in [0.4, 0.5) is 4.39 Å². The van der Waals surface area contributed by atoms with Crippen LogP contribution < -0.4 is 43.0 Å². The van der Waals surface area contributed by atoms with Crippen LogP contribution in [0.1, 0.15) is 84.3 Å². The maximum absolute atomic E-state index is 14.6. The minimum absolute atomic E-state index is 0.0466. The van der Waals surface area contributed by atoms with Crippen LogP contribution in [0.2, 0.25) is 5.02 Å². The fourth-order valence-electron chi connectivity index (χ4n) is 6.74. The lowest BCUT2D eigenvalue weighted by Crippen LogP contribution is -2.61. The number of carboxylic acid groups (broad SMARTS) is 4. The first kappa shape index (κ1) is 59.9. The molecule has 390 valence electrons. The average molecular weight is 1020 g/mol. The molecular weight excluding hydrogens is 959 g/mol. The van der Waals surface area contributed by atoms with Crippen LogP contribution in [0.25, 0.3) is 0 Å². The monoisotopic (exact) mass is 1020 g/mol. The van der Waals surface area contributed by atoms with E-state index in [1.54, 1.807) is 58.0 Å². The van der Waals surface area contributed by atoms with Crippen molar-refractivity contribution >= 4 is 76.8 Å². The second-order valence-electron chi connectivity index (χ2n) is 17.4. The van der Waals surface area contributed by atoms with Gasteiger partial charge in [-0.25, -0.2) is 9.18 Å². The second kappa shape index (κ2) is 29.1. The number of hydrogen-bond acceptors (Lipinski definition) is 12. The van der Waals surface area contributed by atoms with Gasteiger partial charge >= 0.3 is 23.9 Å². The molecule has 0 spiro atoms. The van der Waals surface area contributed by atoms with Crippen LogP contribution in [0.5, 0.6) is 0 Å². The number of aliphatic carboxylic acids is 4. The highest BCUT2D eigenvalue weighted by Crippen LogP contribution is 2.18. The fourth-order valence-corrected chi connectivity index (χ4v) is 6.86. The Balaban J connectivity index is 2.39. The summed E-state index contributed by atoms with van der Waals surface area (Å²) in [4.78, 5) is 141. The molecule has 0 saturated heterocycles. The lowest BCUT2D eigenvalue weighted by molar-refractivity contribution is -0.143. The number of nitrogens with one attached hydrogen (secondary N) is 7. The number of amides is 7. The molecule has 7 amide bonds. The van der Waals surface area contributed by atoms with E-state index in [0.717, 1.165) is 19.1 Å². The molecule has 23 nitrogen and oxygen atoms in total. The molecule has 0 heterocycles. The Morgan fingerprint density at radius 3 is 1.61 bits per heavy atom. The highest BCUT2D eigenvalue weighted by atomic mass is 35.5. The van der Waals surface area contributed by atoms with Gasteiger partial charge in [0.25, 0.3) is 0 Å². The van der Waals surface area contributed by atoms with Crippen LogP contribution in [0.15, 0.2) is 48.5 Å². The zero-order valence-electron chi connectivity index (χ0n) is 39.7. The van der Waals surface area contributed by atoms with Crippen molar-refractivity contribution in [3.63, 3.8) is 0 Å². The van der Waals surface area contributed by atoms with Gasteiger partial charge in [0, 0.05) is 25.7 Å². The van der Waals surface area contributed by atoms with Crippen molar-refractivity contribution in [1.82, 2.24) is 37.2 Å². The number of nitrogens with two attached hydrogens (primary N) is 1. The van der Waals surface area contributed by atoms with E-state index in [2.05, 4.69) is 37.2 Å². The van der Waals surface area contributed by atoms with Crippen molar-refractivity contribution in [2.75, 3.05) is 0 Å². The van der Waals surface area contributed by atoms with E-state index in [1.165, 1.54) is 6.07 Å². The predicted octanol–water partition coefficient (Wildman–Crippen LogP) is -0.00390. The van der Waals surface area contributed by atoms with Gasteiger partial charge in [0.1, 0.15) is 48.1 Å². The van der Waals surface area contributed by atoms with Gasteiger partial charge in [-0.05, 0) is 61.3 Å². The molecule has 71 heavy (non-hydrogen) atoms. The minimum Gasteiger partial charge on any atom is -0.481 e. The van der Waals surface area contributed by atoms with Crippen molar-refractivity contribution in [2.24, 2.45) is 17.6 Å². The molecule has 2 rings (SSSR count). The van der Waals surface area contributed by atoms with Crippen LogP contribution in [0, 0.1) is 17.7 Å². The molecule has 2 aromatic rings. The van der Waals surface area contributed by atoms with Gasteiger partial charge in [-0.15, -0.1) is 0 Å². The van der Waals surface area contributed by atoms with Gasteiger partial charge in [-0.1, -0.05) is 75.7 Å². The van der Waals surface area contributed by atoms with Crippen molar-refractivity contribution < 1.29 is 77.6 Å². The molecule has 0 unspecified atom stereocenters. The number of carbonyl (C=O) groups is 11. The summed E-state index contributed by atoms with van der Waals surface area (Å²) in [6.45, 7) is 7.69. The van der Waals surface area contributed by atoms with Crippen LogP contribution in [-0.2, 0) is 65.6 Å². The summed E-state index contributed by atoms with van der Waals surface area (Å²) in [5, 5.41) is 54.0. The zero-order chi connectivity index (χ0) is 53.7. The Kier molecular flexibility index (Phi) is 24.5. The summed E-state index contributed by atoms with van der Waals surface area (Å²) in [6.07, 6.45) is -3.65. The average Bonchev–Trinajstić information content (AvgIpc) is 3.28. The van der Waals surface area contributed by atoms with E-state index in [0.29, 0.717) is 5.56 Å². The van der Waals surface area contributed by atoms with E-state index in [-0.39, 0.29) is 35.8 Å². The van der Waals surface area contributed by atoms with Crippen molar-refractivity contribution in [2.45, 2.75) is 134 Å². The van der Waals surface area contributed by atoms with Gasteiger partial charge < -0.3 is 63.4 Å². The molecule has 0 radical (unpaired) electrons. The summed E-state index contributed by atoms with van der Waals surface area (Å²) in [5.74, 6) is -14.7. The first-order chi connectivity index (χ1) is 33.2. The lowest BCUT2D eigenvalue weighted by Gasteiger charge is -2.28. The highest BCUT2D eigenvalue weighted by molar-refractivity contribution is 6.30. The summed E-state index contributed by atoms with van der Waals surface area (Å²) in [5.41, 5.74) is 6.46. The van der Waals surface area contributed by atoms with Gasteiger partial charge in [-0.2, -0.15) is 0 Å². The predicted molar refractivity (Wildman–Crippen MR) is 250 cm³/mol. The zero-order valence-corrected chi connectivity index (χ0v) is 40.4. The Morgan fingerprint density at radius 1 is 0.549 bits per heavy atom. The standard InChI is InChI=1S/C46H62ClFN8O15/c1-22(2)17-31(54-45(69)38(23(3)4)56-40(64)29(49)13-15-35(57)58)43(67)52-32(20-26-11-12-27(47)28(48)18-26)44(68)53-33(21-37(61)62)42(66)50-24(5)39(63)51-30(14-16-36(59)60)41(65)55-34(46(70)71)19-25-9-7-6-8-10-25/h6-12,18,22-24,29-34,38H,13-17,19-21,49H2,1-5H3,(H,50,66)(H,51,63)(H,52,67)(H,53,68)(H,54,69)(H,55,65)(H,56,64)(H,57,58)(H,59,60)(H,61,62)(H,70,71)/t24-,29-,30-,31-,32-,33-,34-,38-/m0/s1. The first-order valence-electron chi connectivity index (χ1n) is 22.4. The van der Waals surface area contributed by atoms with Gasteiger partial charge in [0.2, 0.25) is 41.4 Å². The molecule has 0 aliphatic carbocycles. The topological polar surface area (TPSA) is 379 Å². The normalized spacial score (nSPS) is 14.5. The maximum atomic E-state index is 14.6. The largest absolute Gasteiger partial charge is 0.481 e. The Labute approximate surface area is 413 Å². The molecule has 2 aromatic carbocycles. The van der Waals surface area contributed by atoms with E-state index in [1.807, 2.05) is 0 Å². The van der Waals surface area contributed by atoms with Crippen molar-refractivity contribution in [1.29, 1.82) is 0 Å². The number of hydrogen-bond donors (Lipinski definition) is 12. The van der Waals surface area contributed by atoms with Gasteiger partial charge in [0.05, 0.1) is 17.5 Å². The first-order valence-corrected chi connectivity index (χ1v) is 22.8. The summed E-state index contributed by atoms with van der Waals surface area (Å²) in [7, 11) is 0. The van der Waals surface area contributed by atoms with E-state index < -0.39 is 157 Å². The molecule has 25 heteroatoms. The fraction of sp³-hybridized carbons (Fsp3) is 0.500. The molecule has 0 aliphatic rings. The number of carboxylic acids is 4. The third-order valence-corrected chi connectivity index (χ3v) is 10.9.